The van der Waals surface area contributed by atoms with E-state index in [2.05, 4.69) is 5.32 Å². The Morgan fingerprint density at radius 2 is 1.97 bits per heavy atom. The minimum atomic E-state index is -1.12. The summed E-state index contributed by atoms with van der Waals surface area (Å²) in [5.41, 5.74) is -0.505. The van der Waals surface area contributed by atoms with Crippen LogP contribution < -0.4 is 5.32 Å². The largest absolute Gasteiger partial charge is 0.466 e. The molecule has 3 heterocycles. The average molecular weight is 495 g/mol. The van der Waals surface area contributed by atoms with Gasteiger partial charge in [-0.25, -0.2) is 0 Å². The Balaban J connectivity index is 1.53. The van der Waals surface area contributed by atoms with Crippen molar-refractivity contribution in [2.75, 3.05) is 18.5 Å². The van der Waals surface area contributed by atoms with Gasteiger partial charge in [0, 0.05) is 5.69 Å². The van der Waals surface area contributed by atoms with Crippen molar-refractivity contribution < 1.29 is 29.0 Å². The van der Waals surface area contributed by atoms with Gasteiger partial charge in [-0.3, -0.25) is 14.4 Å². The summed E-state index contributed by atoms with van der Waals surface area (Å²) in [5, 5.41) is 15.3. The van der Waals surface area contributed by atoms with E-state index in [-0.39, 0.29) is 30.9 Å². The molecule has 36 heavy (non-hydrogen) atoms. The number of nitrogens with one attached hydrogen (secondary N) is 1. The zero-order valence-electron chi connectivity index (χ0n) is 21.0. The van der Waals surface area contributed by atoms with E-state index in [4.69, 9.17) is 9.47 Å². The number of hydrogen-bond acceptors (Lipinski definition) is 6. The molecule has 2 unspecified atom stereocenters. The van der Waals surface area contributed by atoms with Crippen molar-refractivity contribution in [3.8, 4) is 0 Å². The molecule has 2 bridgehead atoms. The Kier molecular flexibility index (Phi) is 6.51. The number of hydrogen-bond donors (Lipinski definition) is 2. The second-order valence-electron chi connectivity index (χ2n) is 10.6. The average Bonchev–Trinajstić information content (AvgIpc) is 3.50. The number of aliphatic hydroxyl groups excluding tert-OH is 1. The van der Waals surface area contributed by atoms with Gasteiger partial charge in [0.1, 0.15) is 11.6 Å². The maximum atomic E-state index is 14.0. The van der Waals surface area contributed by atoms with E-state index < -0.39 is 41.6 Å². The lowest BCUT2D eigenvalue weighted by Gasteiger charge is -2.37. The Labute approximate surface area is 210 Å². The Morgan fingerprint density at radius 1 is 1.22 bits per heavy atom. The van der Waals surface area contributed by atoms with Crippen molar-refractivity contribution in [2.24, 2.45) is 17.8 Å². The molecule has 0 aliphatic carbocycles. The Morgan fingerprint density at radius 3 is 2.67 bits per heavy atom. The topological polar surface area (TPSA) is 105 Å². The van der Waals surface area contributed by atoms with Crippen molar-refractivity contribution in [3.05, 3.63) is 42.5 Å². The minimum Gasteiger partial charge on any atom is -0.466 e. The van der Waals surface area contributed by atoms with Crippen LogP contribution in [-0.2, 0) is 23.9 Å². The van der Waals surface area contributed by atoms with E-state index in [0.717, 1.165) is 10.8 Å². The highest BCUT2D eigenvalue weighted by Crippen LogP contribution is 2.59. The first-order chi connectivity index (χ1) is 17.3. The number of nitrogens with zero attached hydrogens (tertiary/aromatic N) is 1. The first-order valence-corrected chi connectivity index (χ1v) is 12.9. The fourth-order valence-corrected chi connectivity index (χ4v) is 6.59. The number of rotatable bonds is 8. The lowest BCUT2D eigenvalue weighted by molar-refractivity contribution is -0.155. The second kappa shape index (κ2) is 9.48. The third-order valence-electron chi connectivity index (χ3n) is 7.91. The van der Waals surface area contributed by atoms with Crippen LogP contribution in [0.4, 0.5) is 5.69 Å². The molecule has 2 aromatic rings. The van der Waals surface area contributed by atoms with Crippen LogP contribution in [0.5, 0.6) is 0 Å². The smallest absolute Gasteiger partial charge is 0.312 e. The van der Waals surface area contributed by atoms with Gasteiger partial charge in [0.05, 0.1) is 37.2 Å². The van der Waals surface area contributed by atoms with Crippen LogP contribution in [0.1, 0.15) is 40.0 Å². The van der Waals surface area contributed by atoms with E-state index in [1.807, 2.05) is 56.3 Å². The van der Waals surface area contributed by atoms with Crippen LogP contribution in [0.25, 0.3) is 10.8 Å². The molecule has 2 N–H and O–H groups in total. The van der Waals surface area contributed by atoms with E-state index in [0.29, 0.717) is 24.9 Å². The summed E-state index contributed by atoms with van der Waals surface area (Å²) in [6, 6.07) is 12.0. The predicted molar refractivity (Wildman–Crippen MR) is 134 cm³/mol. The number of anilines is 1. The van der Waals surface area contributed by atoms with Crippen LogP contribution in [-0.4, -0.2) is 64.8 Å². The number of likely N-dealkylation sites (tertiary alicyclic amines) is 1. The number of carbonyl (C=O) groups excluding carboxylic acids is 3. The molecule has 8 nitrogen and oxygen atoms in total. The highest BCUT2D eigenvalue weighted by molar-refractivity contribution is 6.04. The lowest BCUT2D eigenvalue weighted by atomic mass is 9.70. The summed E-state index contributed by atoms with van der Waals surface area (Å²) in [6.07, 6.45) is 1.15. The van der Waals surface area contributed by atoms with Crippen molar-refractivity contribution in [1.29, 1.82) is 0 Å². The van der Waals surface area contributed by atoms with Gasteiger partial charge in [-0.2, -0.15) is 0 Å². The van der Waals surface area contributed by atoms with Gasteiger partial charge in [0.2, 0.25) is 11.8 Å². The number of amides is 2. The van der Waals surface area contributed by atoms with Crippen LogP contribution in [0.3, 0.4) is 0 Å². The predicted octanol–water partition coefficient (Wildman–Crippen LogP) is 3.12. The molecule has 3 aliphatic heterocycles. The van der Waals surface area contributed by atoms with Gasteiger partial charge in [-0.05, 0) is 55.0 Å². The first-order valence-electron chi connectivity index (χ1n) is 12.9. The summed E-state index contributed by atoms with van der Waals surface area (Å²) in [6.45, 7) is 5.68. The van der Waals surface area contributed by atoms with Gasteiger partial charge in [-0.1, -0.05) is 44.2 Å². The number of aliphatic hydroxyl groups is 1. The van der Waals surface area contributed by atoms with Crippen LogP contribution in [0.2, 0.25) is 0 Å². The molecule has 1 spiro atoms. The third kappa shape index (κ3) is 3.87. The van der Waals surface area contributed by atoms with Crippen molar-refractivity contribution in [1.82, 2.24) is 4.90 Å². The number of benzene rings is 2. The molecule has 3 fully saturated rings. The number of esters is 1. The molecule has 2 amide bonds. The molecule has 6 atom stereocenters. The molecular weight excluding hydrogens is 460 g/mol. The highest BCUT2D eigenvalue weighted by atomic mass is 16.6. The number of fused-ring (bicyclic) bond motifs is 2. The van der Waals surface area contributed by atoms with Crippen molar-refractivity contribution in [2.45, 2.75) is 63.8 Å². The standard InChI is InChI=1S/C28H34N2O6/c1-4-35-27(34)22-21-11-12-28(36-21)23(22)26(33)30(20(15-31)13-16(2)3)24(28)25(32)29-19-10-9-17-7-5-6-8-18(17)14-19/h5-10,14,16,20-24,31H,4,11-13,15H2,1-3H3,(H,29,32)/t20-,21+,22-,23+,24?,28?/m1/s1. The van der Waals surface area contributed by atoms with Gasteiger partial charge < -0.3 is 24.8 Å². The molecule has 0 saturated carbocycles. The van der Waals surface area contributed by atoms with E-state index >= 15 is 0 Å². The molecule has 0 aromatic heterocycles. The molecule has 5 rings (SSSR count). The zero-order valence-corrected chi connectivity index (χ0v) is 21.0. The van der Waals surface area contributed by atoms with Gasteiger partial charge in [0.15, 0.2) is 0 Å². The maximum Gasteiger partial charge on any atom is 0.312 e. The van der Waals surface area contributed by atoms with Crippen molar-refractivity contribution in [3.63, 3.8) is 0 Å². The van der Waals surface area contributed by atoms with E-state index in [1.165, 1.54) is 4.90 Å². The molecule has 2 aromatic carbocycles. The van der Waals surface area contributed by atoms with Crippen LogP contribution >= 0.6 is 0 Å². The van der Waals surface area contributed by atoms with Crippen molar-refractivity contribution >= 4 is 34.2 Å². The Bertz CT molecular complexity index is 1180. The fraction of sp³-hybridized carbons (Fsp3) is 0.536. The van der Waals surface area contributed by atoms with Gasteiger partial charge >= 0.3 is 5.97 Å². The minimum absolute atomic E-state index is 0.190. The summed E-state index contributed by atoms with van der Waals surface area (Å²) in [4.78, 5) is 42.3. The molecule has 3 aliphatic rings. The molecule has 0 radical (unpaired) electrons. The summed E-state index contributed by atoms with van der Waals surface area (Å²) in [5.74, 6) is -2.49. The summed E-state index contributed by atoms with van der Waals surface area (Å²) < 4.78 is 11.7. The normalized spacial score (nSPS) is 29.6. The zero-order chi connectivity index (χ0) is 25.6. The van der Waals surface area contributed by atoms with Gasteiger partial charge in [0.25, 0.3) is 0 Å². The quantitative estimate of drug-likeness (QED) is 0.547. The SMILES string of the molecule is CCOC(=O)[C@@H]1[C@@H]2CCC3(O2)C(C(=O)Nc2ccc4ccccc4c2)N([C@@H](CO)CC(C)C)C(=O)[C@H]13. The lowest BCUT2D eigenvalue weighted by Crippen LogP contribution is -2.56. The maximum absolute atomic E-state index is 14.0. The third-order valence-corrected chi connectivity index (χ3v) is 7.91. The number of ether oxygens (including phenoxy) is 2. The fourth-order valence-electron chi connectivity index (χ4n) is 6.59. The van der Waals surface area contributed by atoms with Crippen LogP contribution in [0, 0.1) is 17.8 Å². The highest BCUT2D eigenvalue weighted by Gasteiger charge is 2.75. The van der Waals surface area contributed by atoms with E-state index in [1.54, 1.807) is 6.92 Å². The molecular formula is C28H34N2O6. The summed E-state index contributed by atoms with van der Waals surface area (Å²) in [7, 11) is 0. The second-order valence-corrected chi connectivity index (χ2v) is 10.6. The number of carbonyl (C=O) groups is 3. The summed E-state index contributed by atoms with van der Waals surface area (Å²) >= 11 is 0. The van der Waals surface area contributed by atoms with Crippen LogP contribution in [0.15, 0.2) is 42.5 Å². The monoisotopic (exact) mass is 494 g/mol. The van der Waals surface area contributed by atoms with Gasteiger partial charge in [-0.15, -0.1) is 0 Å². The Hall–Kier alpha value is -2.97. The molecule has 3 saturated heterocycles. The first kappa shape index (κ1) is 24.7. The molecule has 192 valence electrons. The van der Waals surface area contributed by atoms with E-state index in [9.17, 15) is 19.5 Å². The molecule has 8 heteroatoms.